The van der Waals surface area contributed by atoms with Crippen LogP contribution in [0.15, 0.2) is 48.0 Å². The van der Waals surface area contributed by atoms with Gasteiger partial charge >= 0.3 is 0 Å². The number of para-hydroxylation sites is 1. The van der Waals surface area contributed by atoms with Gasteiger partial charge in [-0.05, 0) is 31.1 Å². The molecule has 0 atom stereocenters. The number of methoxy groups -OCH3 is 2. The van der Waals surface area contributed by atoms with Crippen molar-refractivity contribution in [2.45, 2.75) is 12.8 Å². The van der Waals surface area contributed by atoms with Gasteiger partial charge in [-0.25, -0.2) is 0 Å². The van der Waals surface area contributed by atoms with Gasteiger partial charge in [-0.2, -0.15) is 0 Å². The molecule has 2 aromatic carbocycles. The van der Waals surface area contributed by atoms with Gasteiger partial charge in [-0.15, -0.1) is 0 Å². The second-order valence-corrected chi connectivity index (χ2v) is 5.23. The molecule has 1 aliphatic rings. The minimum absolute atomic E-state index is 0.0751. The fourth-order valence-electron chi connectivity index (χ4n) is 2.88. The maximum atomic E-state index is 12.7. The summed E-state index contributed by atoms with van der Waals surface area (Å²) in [7, 11) is 3.28. The number of fused-ring (bicyclic) bond motifs is 1. The molecule has 0 aliphatic heterocycles. The molecule has 0 N–H and O–H groups in total. The van der Waals surface area contributed by atoms with Gasteiger partial charge < -0.3 is 9.47 Å². The van der Waals surface area contributed by atoms with Crippen LogP contribution in [-0.2, 0) is 6.42 Å². The van der Waals surface area contributed by atoms with E-state index >= 15 is 0 Å². The van der Waals surface area contributed by atoms with E-state index in [1.54, 1.807) is 14.2 Å². The zero-order valence-electron chi connectivity index (χ0n) is 12.8. The lowest BCUT2D eigenvalue weighted by molar-refractivity contribution is 0.102. The number of Topliss-reactive ketones (excluding diaryl/α,β-unsaturated/α-hetero) is 1. The van der Waals surface area contributed by atoms with Crippen LogP contribution in [0.5, 0.6) is 11.5 Å². The second-order valence-electron chi connectivity index (χ2n) is 5.23. The largest absolute Gasteiger partial charge is 0.496 e. The van der Waals surface area contributed by atoms with E-state index in [2.05, 4.69) is 0 Å². The summed E-state index contributed by atoms with van der Waals surface area (Å²) in [4.78, 5) is 12.7. The lowest BCUT2D eigenvalue weighted by atomic mass is 9.85. The van der Waals surface area contributed by atoms with Gasteiger partial charge in [0.15, 0.2) is 5.78 Å². The van der Waals surface area contributed by atoms with Crippen molar-refractivity contribution in [2.24, 2.45) is 0 Å². The van der Waals surface area contributed by atoms with Gasteiger partial charge in [0.2, 0.25) is 0 Å². The fraction of sp³-hybridized carbons (Fsp3) is 0.211. The lowest BCUT2D eigenvalue weighted by Gasteiger charge is -2.20. The van der Waals surface area contributed by atoms with Gasteiger partial charge in [0.05, 0.1) is 14.2 Å². The van der Waals surface area contributed by atoms with E-state index < -0.39 is 0 Å². The molecule has 0 unspecified atom stereocenters. The van der Waals surface area contributed by atoms with Crippen LogP contribution in [0.2, 0.25) is 0 Å². The van der Waals surface area contributed by atoms with Gasteiger partial charge in [0.1, 0.15) is 11.5 Å². The molecule has 0 aromatic heterocycles. The van der Waals surface area contributed by atoms with Crippen LogP contribution in [0.25, 0.3) is 6.08 Å². The van der Waals surface area contributed by atoms with Gasteiger partial charge in [-0.1, -0.05) is 30.3 Å². The summed E-state index contributed by atoms with van der Waals surface area (Å²) in [6.45, 7) is 0. The highest BCUT2D eigenvalue weighted by molar-refractivity contribution is 6.13. The number of hydrogen-bond donors (Lipinski definition) is 0. The number of carbonyl (C=O) groups is 1. The third-order valence-electron chi connectivity index (χ3n) is 4.00. The Morgan fingerprint density at radius 3 is 2.41 bits per heavy atom. The average molecular weight is 294 g/mol. The summed E-state index contributed by atoms with van der Waals surface area (Å²) in [6, 6.07) is 13.4. The molecule has 3 heteroatoms. The summed E-state index contributed by atoms with van der Waals surface area (Å²) >= 11 is 0. The Morgan fingerprint density at radius 2 is 1.64 bits per heavy atom. The van der Waals surface area contributed by atoms with Crippen molar-refractivity contribution >= 4 is 11.9 Å². The molecule has 3 nitrogen and oxygen atoms in total. The quantitative estimate of drug-likeness (QED) is 0.805. The monoisotopic (exact) mass is 294 g/mol. The van der Waals surface area contributed by atoms with Crippen LogP contribution in [0.4, 0.5) is 0 Å². The molecule has 0 fully saturated rings. The van der Waals surface area contributed by atoms with E-state index in [4.69, 9.17) is 9.47 Å². The Hall–Kier alpha value is -2.55. The molecule has 0 amide bonds. The summed E-state index contributed by atoms with van der Waals surface area (Å²) in [5.41, 5.74) is 3.49. The van der Waals surface area contributed by atoms with Crippen LogP contribution in [-0.4, -0.2) is 20.0 Å². The summed E-state index contributed by atoms with van der Waals surface area (Å²) in [6.07, 6.45) is 3.46. The van der Waals surface area contributed by atoms with Gasteiger partial charge in [-0.3, -0.25) is 4.79 Å². The third kappa shape index (κ3) is 2.50. The van der Waals surface area contributed by atoms with E-state index in [0.29, 0.717) is 6.42 Å². The molecule has 1 aliphatic carbocycles. The fourth-order valence-corrected chi connectivity index (χ4v) is 2.88. The van der Waals surface area contributed by atoms with Crippen molar-refractivity contribution in [1.29, 1.82) is 0 Å². The normalized spacial score (nSPS) is 15.5. The molecular weight excluding hydrogens is 276 g/mol. The van der Waals surface area contributed by atoms with E-state index in [1.807, 2.05) is 48.5 Å². The number of benzene rings is 2. The zero-order valence-corrected chi connectivity index (χ0v) is 12.8. The van der Waals surface area contributed by atoms with E-state index in [1.165, 1.54) is 0 Å². The number of allylic oxidation sites excluding steroid dienone is 1. The predicted molar refractivity (Wildman–Crippen MR) is 86.6 cm³/mol. The van der Waals surface area contributed by atoms with Crippen molar-refractivity contribution in [2.75, 3.05) is 14.2 Å². The maximum absolute atomic E-state index is 12.7. The highest BCUT2D eigenvalue weighted by Gasteiger charge is 2.24. The first kappa shape index (κ1) is 14.4. The lowest BCUT2D eigenvalue weighted by Crippen LogP contribution is -2.15. The first-order chi connectivity index (χ1) is 10.7. The third-order valence-corrected chi connectivity index (χ3v) is 4.00. The molecule has 0 heterocycles. The van der Waals surface area contributed by atoms with Gasteiger partial charge in [0, 0.05) is 22.3 Å². The van der Waals surface area contributed by atoms with E-state index in [-0.39, 0.29) is 5.78 Å². The number of ketones is 1. The van der Waals surface area contributed by atoms with E-state index in [9.17, 15) is 4.79 Å². The van der Waals surface area contributed by atoms with Crippen molar-refractivity contribution in [3.8, 4) is 11.5 Å². The topological polar surface area (TPSA) is 35.5 Å². The number of carbonyl (C=O) groups excluding carboxylic acids is 1. The molecule has 22 heavy (non-hydrogen) atoms. The van der Waals surface area contributed by atoms with Gasteiger partial charge in [0.25, 0.3) is 0 Å². The SMILES string of the molecule is COc1ccccc1/C=C1\CCc2c(OC)cccc2C1=O. The second kappa shape index (κ2) is 6.06. The Balaban J connectivity index is 2.01. The Labute approximate surface area is 130 Å². The average Bonchev–Trinajstić information content (AvgIpc) is 2.57. The molecule has 112 valence electrons. The Morgan fingerprint density at radius 1 is 0.909 bits per heavy atom. The number of rotatable bonds is 3. The van der Waals surface area contributed by atoms with Crippen molar-refractivity contribution in [3.05, 3.63) is 64.7 Å². The molecule has 0 spiro atoms. The first-order valence-electron chi connectivity index (χ1n) is 7.28. The smallest absolute Gasteiger partial charge is 0.189 e. The van der Waals surface area contributed by atoms with Crippen LogP contribution >= 0.6 is 0 Å². The summed E-state index contributed by atoms with van der Waals surface area (Å²) < 4.78 is 10.7. The molecule has 2 aromatic rings. The molecule has 0 bridgehead atoms. The van der Waals surface area contributed by atoms with Crippen molar-refractivity contribution in [3.63, 3.8) is 0 Å². The first-order valence-corrected chi connectivity index (χ1v) is 7.28. The highest BCUT2D eigenvalue weighted by Crippen LogP contribution is 2.33. The summed E-state index contributed by atoms with van der Waals surface area (Å²) in [5.74, 6) is 1.65. The van der Waals surface area contributed by atoms with Crippen LogP contribution in [0.3, 0.4) is 0 Å². The molecule has 3 rings (SSSR count). The molecule has 0 radical (unpaired) electrons. The summed E-state index contributed by atoms with van der Waals surface area (Å²) in [5, 5.41) is 0. The standard InChI is InChI=1S/C19H18O3/c1-21-17-8-4-3-6-13(17)12-14-10-11-15-16(19(14)20)7-5-9-18(15)22-2/h3-9,12H,10-11H2,1-2H3/b14-12+. The molecule has 0 saturated carbocycles. The minimum Gasteiger partial charge on any atom is -0.496 e. The highest BCUT2D eigenvalue weighted by atomic mass is 16.5. The minimum atomic E-state index is 0.0751. The number of hydrogen-bond acceptors (Lipinski definition) is 3. The molecule has 0 saturated heterocycles. The van der Waals surface area contributed by atoms with Crippen molar-refractivity contribution < 1.29 is 14.3 Å². The zero-order chi connectivity index (χ0) is 15.5. The number of ether oxygens (including phenoxy) is 2. The van der Waals surface area contributed by atoms with Crippen molar-refractivity contribution in [1.82, 2.24) is 0 Å². The Kier molecular flexibility index (Phi) is 3.96. The Bertz CT molecular complexity index is 744. The van der Waals surface area contributed by atoms with E-state index in [0.717, 1.165) is 40.2 Å². The molecular formula is C19H18O3. The van der Waals surface area contributed by atoms with Crippen LogP contribution in [0.1, 0.15) is 27.9 Å². The maximum Gasteiger partial charge on any atom is 0.189 e. The predicted octanol–water partition coefficient (Wildman–Crippen LogP) is 3.92. The van der Waals surface area contributed by atoms with Crippen LogP contribution < -0.4 is 9.47 Å². The van der Waals surface area contributed by atoms with Crippen LogP contribution in [0, 0.1) is 0 Å².